The second kappa shape index (κ2) is 13.6. The molecule has 5 heteroatoms. The van der Waals surface area contributed by atoms with Gasteiger partial charge < -0.3 is 14.7 Å². The molecular formula is C32H44BrNO3. The minimum absolute atomic E-state index is 0.0706. The third-order valence-corrected chi connectivity index (χ3v) is 9.76. The van der Waals surface area contributed by atoms with Crippen molar-refractivity contribution in [3.8, 4) is 12.8 Å². The predicted octanol–water partition coefficient (Wildman–Crippen LogP) is 7.76. The quantitative estimate of drug-likeness (QED) is 0.299. The van der Waals surface area contributed by atoms with Crippen LogP contribution >= 0.6 is 15.9 Å². The van der Waals surface area contributed by atoms with Crippen molar-refractivity contribution in [1.29, 1.82) is 0 Å². The first kappa shape index (κ1) is 31.1. The summed E-state index contributed by atoms with van der Waals surface area (Å²) < 4.78 is 1.05. The molecule has 3 fully saturated rings. The standard InChI is InChI=1S/C27H34BrNO2.C2H6.C2H2.CH2O/c1-17-7-10-23-22-9-8-19-14-21(29-31-16-18-5-4-6-20(28)13-18)11-12-26(19,2)25(22)24(30)15-27(17,23)3;3*1-2/h4-6,11-14,17,22-25,30H,7-10,15-16H2,1-3H3;1-2H3;1-2H;1H2/b29-21+;;;/t17-,22?,23?,24?,25?,26?,27?;;;/m1.../s1. The molecule has 5 rings (SSSR count). The molecule has 0 aliphatic heterocycles. The van der Waals surface area contributed by atoms with Crippen LogP contribution in [-0.2, 0) is 16.2 Å². The van der Waals surface area contributed by atoms with Gasteiger partial charge in [0.15, 0.2) is 0 Å². The van der Waals surface area contributed by atoms with Gasteiger partial charge in [0.1, 0.15) is 19.1 Å². The van der Waals surface area contributed by atoms with E-state index < -0.39 is 0 Å². The van der Waals surface area contributed by atoms with Crippen LogP contribution in [0.2, 0.25) is 0 Å². The fourth-order valence-electron chi connectivity index (χ4n) is 7.45. The van der Waals surface area contributed by atoms with Gasteiger partial charge in [-0.3, -0.25) is 0 Å². The van der Waals surface area contributed by atoms with Crippen molar-refractivity contribution >= 4 is 28.4 Å². The van der Waals surface area contributed by atoms with Crippen LogP contribution < -0.4 is 0 Å². The smallest absolute Gasteiger partial charge is 0.142 e. The lowest BCUT2D eigenvalue weighted by Gasteiger charge is -2.58. The summed E-state index contributed by atoms with van der Waals surface area (Å²) in [6.45, 7) is 13.7. The van der Waals surface area contributed by atoms with E-state index >= 15 is 0 Å². The molecule has 7 atom stereocenters. The zero-order valence-electron chi connectivity index (χ0n) is 23.1. The summed E-state index contributed by atoms with van der Waals surface area (Å²) in [6, 6.07) is 8.11. The van der Waals surface area contributed by atoms with Gasteiger partial charge in [0.2, 0.25) is 0 Å². The van der Waals surface area contributed by atoms with Crippen molar-refractivity contribution in [3.05, 3.63) is 58.1 Å². The first-order chi connectivity index (χ1) is 17.8. The highest BCUT2D eigenvalue weighted by molar-refractivity contribution is 9.10. The van der Waals surface area contributed by atoms with E-state index in [4.69, 9.17) is 9.63 Å². The Hall–Kier alpha value is -2.16. The monoisotopic (exact) mass is 569 g/mol. The number of halogens is 1. The summed E-state index contributed by atoms with van der Waals surface area (Å²) in [5.41, 5.74) is 3.62. The second-order valence-corrected chi connectivity index (χ2v) is 11.7. The molecule has 37 heavy (non-hydrogen) atoms. The van der Waals surface area contributed by atoms with Crippen LogP contribution in [0, 0.1) is 47.3 Å². The van der Waals surface area contributed by atoms with E-state index in [9.17, 15) is 5.11 Å². The Kier molecular flexibility index (Phi) is 11.4. The van der Waals surface area contributed by atoms with E-state index in [-0.39, 0.29) is 11.5 Å². The number of oxime groups is 1. The molecule has 0 aromatic heterocycles. The number of rotatable bonds is 3. The first-order valence-electron chi connectivity index (χ1n) is 13.5. The molecule has 0 heterocycles. The molecule has 1 N–H and O–H groups in total. The third kappa shape index (κ3) is 6.13. The van der Waals surface area contributed by atoms with Crippen molar-refractivity contribution < 1.29 is 14.7 Å². The van der Waals surface area contributed by atoms with E-state index in [1.54, 1.807) is 0 Å². The second-order valence-electron chi connectivity index (χ2n) is 10.8. The molecule has 0 bridgehead atoms. The average Bonchev–Trinajstić information content (AvgIpc) is 3.21. The highest BCUT2D eigenvalue weighted by Gasteiger charge is 2.60. The topological polar surface area (TPSA) is 58.9 Å². The molecule has 1 aromatic rings. The van der Waals surface area contributed by atoms with Crippen LogP contribution in [0.1, 0.15) is 72.3 Å². The molecule has 4 aliphatic carbocycles. The van der Waals surface area contributed by atoms with Crippen molar-refractivity contribution in [2.75, 3.05) is 0 Å². The Morgan fingerprint density at radius 3 is 2.57 bits per heavy atom. The van der Waals surface area contributed by atoms with Crippen LogP contribution in [0.3, 0.4) is 0 Å². The Morgan fingerprint density at radius 2 is 1.89 bits per heavy atom. The van der Waals surface area contributed by atoms with Gasteiger partial charge >= 0.3 is 0 Å². The highest BCUT2D eigenvalue weighted by Crippen LogP contribution is 2.65. The number of aliphatic hydroxyl groups excluding tert-OH is 1. The number of benzene rings is 1. The van der Waals surface area contributed by atoms with Crippen molar-refractivity contribution in [2.24, 2.45) is 39.7 Å². The molecule has 202 valence electrons. The summed E-state index contributed by atoms with van der Waals surface area (Å²) in [7, 11) is 0. The maximum atomic E-state index is 11.4. The molecule has 0 amide bonds. The zero-order chi connectivity index (χ0) is 27.8. The number of terminal acetylenes is 1. The van der Waals surface area contributed by atoms with Gasteiger partial charge in [0.05, 0.1) is 6.10 Å². The van der Waals surface area contributed by atoms with Gasteiger partial charge in [-0.1, -0.05) is 79.5 Å². The molecule has 4 aliphatic rings. The number of aliphatic hydroxyl groups is 1. The zero-order valence-corrected chi connectivity index (χ0v) is 24.7. The highest BCUT2D eigenvalue weighted by atomic mass is 79.9. The molecule has 4 nitrogen and oxygen atoms in total. The first-order valence-corrected chi connectivity index (χ1v) is 14.3. The lowest BCUT2D eigenvalue weighted by atomic mass is 9.47. The Bertz CT molecular complexity index is 1010. The van der Waals surface area contributed by atoms with Gasteiger partial charge in [0, 0.05) is 15.8 Å². The van der Waals surface area contributed by atoms with Gasteiger partial charge in [-0.15, -0.1) is 12.8 Å². The third-order valence-electron chi connectivity index (χ3n) is 9.27. The van der Waals surface area contributed by atoms with Crippen molar-refractivity contribution in [2.45, 2.75) is 79.4 Å². The molecular weight excluding hydrogens is 526 g/mol. The lowest BCUT2D eigenvalue weighted by molar-refractivity contribution is -0.113. The maximum absolute atomic E-state index is 11.4. The molecule has 0 saturated heterocycles. The van der Waals surface area contributed by atoms with Crippen LogP contribution in [0.4, 0.5) is 0 Å². The number of nitrogens with zero attached hydrogens (tertiary/aromatic N) is 1. The van der Waals surface area contributed by atoms with E-state index in [1.807, 2.05) is 38.8 Å². The number of hydrogen-bond donors (Lipinski definition) is 1. The molecule has 3 saturated carbocycles. The minimum atomic E-state index is -0.226. The van der Waals surface area contributed by atoms with Gasteiger partial charge in [-0.2, -0.15) is 0 Å². The summed E-state index contributed by atoms with van der Waals surface area (Å²) in [6.07, 6.45) is 20.3. The number of hydrogen-bond acceptors (Lipinski definition) is 4. The van der Waals surface area contributed by atoms with Gasteiger partial charge in [-0.25, -0.2) is 0 Å². The van der Waals surface area contributed by atoms with E-state index in [0.717, 1.165) is 40.4 Å². The van der Waals surface area contributed by atoms with Crippen molar-refractivity contribution in [1.82, 2.24) is 0 Å². The Balaban J connectivity index is 0.000000750. The van der Waals surface area contributed by atoms with Crippen LogP contribution in [0.15, 0.2) is 57.7 Å². The minimum Gasteiger partial charge on any atom is -0.393 e. The normalized spacial score (nSPS) is 36.0. The lowest BCUT2D eigenvalue weighted by Crippen LogP contribution is -2.55. The van der Waals surface area contributed by atoms with Crippen LogP contribution in [-0.4, -0.2) is 23.7 Å². The largest absolute Gasteiger partial charge is 0.393 e. The van der Waals surface area contributed by atoms with E-state index in [1.165, 1.54) is 24.8 Å². The number of carbonyl (C=O) groups is 1. The fraction of sp³-hybridized carbons (Fsp3) is 0.562. The maximum Gasteiger partial charge on any atom is 0.142 e. The van der Waals surface area contributed by atoms with Crippen LogP contribution in [0.5, 0.6) is 0 Å². The summed E-state index contributed by atoms with van der Waals surface area (Å²) in [4.78, 5) is 13.7. The van der Waals surface area contributed by atoms with Crippen LogP contribution in [0.25, 0.3) is 0 Å². The number of allylic oxidation sites excluding steroid dienone is 4. The van der Waals surface area contributed by atoms with Gasteiger partial charge in [0.25, 0.3) is 0 Å². The van der Waals surface area contributed by atoms with Gasteiger partial charge in [-0.05, 0) is 85.1 Å². The molecule has 6 unspecified atom stereocenters. The number of fused-ring (bicyclic) bond motifs is 5. The molecule has 0 radical (unpaired) electrons. The Morgan fingerprint density at radius 1 is 1.19 bits per heavy atom. The van der Waals surface area contributed by atoms with E-state index in [2.05, 4.69) is 79.0 Å². The fourth-order valence-corrected chi connectivity index (χ4v) is 7.90. The Labute approximate surface area is 232 Å². The van der Waals surface area contributed by atoms with E-state index in [0.29, 0.717) is 23.9 Å². The SMILES string of the molecule is C#C.C=O.CC.C[C@@H]1CCC2C3CCC4=C/C(=N/OCc5cccc(Br)c5)C=CC4(C)C3C(O)CC21C. The van der Waals surface area contributed by atoms with Crippen molar-refractivity contribution in [3.63, 3.8) is 0 Å². The number of carbonyl (C=O) groups excluding carboxylic acids is 1. The molecule has 1 aromatic carbocycles. The molecule has 0 spiro atoms. The predicted molar refractivity (Wildman–Crippen MR) is 157 cm³/mol. The summed E-state index contributed by atoms with van der Waals surface area (Å²) in [5.74, 6) is 2.42. The summed E-state index contributed by atoms with van der Waals surface area (Å²) in [5, 5.41) is 15.8. The average molecular weight is 571 g/mol. The summed E-state index contributed by atoms with van der Waals surface area (Å²) >= 11 is 3.50.